The van der Waals surface area contributed by atoms with Crippen LogP contribution in [0.2, 0.25) is 0 Å². The van der Waals surface area contributed by atoms with Crippen molar-refractivity contribution in [2.45, 2.75) is 20.3 Å². The molecule has 1 aromatic heterocycles. The van der Waals surface area contributed by atoms with Gasteiger partial charge in [0, 0.05) is 19.2 Å². The summed E-state index contributed by atoms with van der Waals surface area (Å²) in [5.74, 6) is 1.17. The number of nitrogens with one attached hydrogen (secondary N) is 1. The van der Waals surface area contributed by atoms with E-state index in [1.54, 1.807) is 7.05 Å². The zero-order valence-electron chi connectivity index (χ0n) is 10.5. The van der Waals surface area contributed by atoms with E-state index < -0.39 is 0 Å². The molecular weight excluding hydrogens is 218 g/mol. The Morgan fingerprint density at radius 3 is 2.71 bits per heavy atom. The minimum atomic E-state index is -0.0499. The summed E-state index contributed by atoms with van der Waals surface area (Å²) in [5.41, 5.74) is 6.70. The highest BCUT2D eigenvalue weighted by Gasteiger charge is 2.15. The predicted molar refractivity (Wildman–Crippen MR) is 67.8 cm³/mol. The lowest BCUT2D eigenvalue weighted by Crippen LogP contribution is -2.36. The van der Waals surface area contributed by atoms with E-state index >= 15 is 0 Å². The van der Waals surface area contributed by atoms with Gasteiger partial charge in [-0.2, -0.15) is 0 Å². The maximum Gasteiger partial charge on any atom is 0.239 e. The number of nitrogens with two attached hydrogens (primary N) is 1. The third-order valence-electron chi connectivity index (χ3n) is 2.60. The summed E-state index contributed by atoms with van der Waals surface area (Å²) in [7, 11) is 1.62. The van der Waals surface area contributed by atoms with Gasteiger partial charge < -0.3 is 16.0 Å². The summed E-state index contributed by atoms with van der Waals surface area (Å²) in [6.07, 6.45) is 2.17. The van der Waals surface area contributed by atoms with E-state index in [4.69, 9.17) is 5.73 Å². The van der Waals surface area contributed by atoms with Crippen molar-refractivity contribution in [3.63, 3.8) is 0 Å². The van der Waals surface area contributed by atoms with E-state index in [0.717, 1.165) is 17.8 Å². The van der Waals surface area contributed by atoms with E-state index in [9.17, 15) is 4.79 Å². The Labute approximate surface area is 101 Å². The summed E-state index contributed by atoms with van der Waals surface area (Å²) in [6.45, 7) is 4.93. The van der Waals surface area contributed by atoms with Crippen LogP contribution in [0.15, 0.2) is 6.33 Å². The second-order valence-corrected chi connectivity index (χ2v) is 3.60. The fourth-order valence-corrected chi connectivity index (χ4v) is 1.62. The topological polar surface area (TPSA) is 84.1 Å². The number of hydrogen-bond donors (Lipinski definition) is 2. The van der Waals surface area contributed by atoms with Gasteiger partial charge in [-0.05, 0) is 13.3 Å². The van der Waals surface area contributed by atoms with Crippen LogP contribution in [0.4, 0.5) is 11.6 Å². The molecule has 0 aromatic carbocycles. The van der Waals surface area contributed by atoms with E-state index in [1.165, 1.54) is 6.33 Å². The van der Waals surface area contributed by atoms with E-state index in [0.29, 0.717) is 12.4 Å². The molecule has 0 atom stereocenters. The number of likely N-dealkylation sites (N-methyl/N-ethyl adjacent to an activating group) is 2. The molecule has 0 aliphatic rings. The number of carbonyl (C=O) groups excluding carboxylic acids is 1. The van der Waals surface area contributed by atoms with Crippen LogP contribution in [0.25, 0.3) is 0 Å². The second kappa shape index (κ2) is 6.03. The minimum absolute atomic E-state index is 0.0499. The first-order valence-corrected chi connectivity index (χ1v) is 5.68. The number of aromatic nitrogens is 2. The van der Waals surface area contributed by atoms with Crippen LogP contribution < -0.4 is 16.0 Å². The standard InChI is InChI=1S/C11H19N5O/c1-4-8-10(12)14-7-15-11(8)16(5-2)6-9(17)13-3/h7H,4-6H2,1-3H3,(H,13,17)(H2,12,14,15). The number of nitrogens with zero attached hydrogens (tertiary/aromatic N) is 3. The molecule has 0 aliphatic carbocycles. The number of nitrogen functional groups attached to an aromatic ring is 1. The quantitative estimate of drug-likeness (QED) is 0.764. The lowest BCUT2D eigenvalue weighted by Gasteiger charge is -2.23. The highest BCUT2D eigenvalue weighted by atomic mass is 16.1. The highest BCUT2D eigenvalue weighted by molar-refractivity contribution is 5.81. The molecule has 6 heteroatoms. The summed E-state index contributed by atoms with van der Waals surface area (Å²) in [5, 5.41) is 2.60. The Balaban J connectivity index is 3.03. The largest absolute Gasteiger partial charge is 0.383 e. The van der Waals surface area contributed by atoms with Crippen molar-refractivity contribution in [1.82, 2.24) is 15.3 Å². The zero-order chi connectivity index (χ0) is 12.8. The number of hydrogen-bond acceptors (Lipinski definition) is 5. The van der Waals surface area contributed by atoms with Crippen LogP contribution in [0.1, 0.15) is 19.4 Å². The second-order valence-electron chi connectivity index (χ2n) is 3.60. The molecule has 1 rings (SSSR count). The first kappa shape index (κ1) is 13.2. The van der Waals surface area contributed by atoms with E-state index in [2.05, 4.69) is 15.3 Å². The third-order valence-corrected chi connectivity index (χ3v) is 2.60. The zero-order valence-corrected chi connectivity index (χ0v) is 10.5. The summed E-state index contributed by atoms with van der Waals surface area (Å²) < 4.78 is 0. The number of carbonyl (C=O) groups is 1. The molecule has 94 valence electrons. The molecule has 6 nitrogen and oxygen atoms in total. The first-order chi connectivity index (χ1) is 8.13. The smallest absolute Gasteiger partial charge is 0.239 e. The number of rotatable bonds is 5. The van der Waals surface area contributed by atoms with Crippen LogP contribution in [0, 0.1) is 0 Å². The minimum Gasteiger partial charge on any atom is -0.383 e. The van der Waals surface area contributed by atoms with Gasteiger partial charge in [0.05, 0.1) is 6.54 Å². The SMILES string of the molecule is CCc1c(N)ncnc1N(CC)CC(=O)NC. The van der Waals surface area contributed by atoms with Crippen LogP contribution in [0.3, 0.4) is 0 Å². The third kappa shape index (κ3) is 3.05. The van der Waals surface area contributed by atoms with Gasteiger partial charge in [-0.1, -0.05) is 6.92 Å². The van der Waals surface area contributed by atoms with Gasteiger partial charge in [0.25, 0.3) is 0 Å². The van der Waals surface area contributed by atoms with Crippen molar-refractivity contribution in [2.24, 2.45) is 0 Å². The van der Waals surface area contributed by atoms with E-state index in [-0.39, 0.29) is 12.5 Å². The molecule has 17 heavy (non-hydrogen) atoms. The van der Waals surface area contributed by atoms with Crippen LogP contribution in [0.5, 0.6) is 0 Å². The Kier molecular flexibility index (Phi) is 4.68. The maximum atomic E-state index is 11.4. The van der Waals surface area contributed by atoms with Crippen LogP contribution in [-0.2, 0) is 11.2 Å². The van der Waals surface area contributed by atoms with Gasteiger partial charge in [0.1, 0.15) is 18.0 Å². The van der Waals surface area contributed by atoms with Gasteiger partial charge in [0.2, 0.25) is 5.91 Å². The van der Waals surface area contributed by atoms with Crippen LogP contribution in [-0.4, -0.2) is 36.0 Å². The molecule has 1 aromatic rings. The van der Waals surface area contributed by atoms with Crippen molar-refractivity contribution >= 4 is 17.5 Å². The Bertz CT molecular complexity index is 393. The van der Waals surface area contributed by atoms with Gasteiger partial charge in [-0.3, -0.25) is 4.79 Å². The molecule has 1 heterocycles. The fourth-order valence-electron chi connectivity index (χ4n) is 1.62. The van der Waals surface area contributed by atoms with Gasteiger partial charge in [-0.15, -0.1) is 0 Å². The molecule has 1 amide bonds. The maximum absolute atomic E-state index is 11.4. The monoisotopic (exact) mass is 237 g/mol. The molecular formula is C11H19N5O. The molecule has 0 radical (unpaired) electrons. The first-order valence-electron chi connectivity index (χ1n) is 5.68. The van der Waals surface area contributed by atoms with Gasteiger partial charge >= 0.3 is 0 Å². The highest BCUT2D eigenvalue weighted by Crippen LogP contribution is 2.21. The van der Waals surface area contributed by atoms with Gasteiger partial charge in [0.15, 0.2) is 0 Å². The van der Waals surface area contributed by atoms with Crippen molar-refractivity contribution in [2.75, 3.05) is 30.8 Å². The molecule has 0 aliphatic heterocycles. The molecule has 0 spiro atoms. The molecule has 3 N–H and O–H groups in total. The van der Waals surface area contributed by atoms with Crippen molar-refractivity contribution in [3.8, 4) is 0 Å². The predicted octanol–water partition coefficient (Wildman–Crippen LogP) is 0.194. The van der Waals surface area contributed by atoms with E-state index in [1.807, 2.05) is 18.7 Å². The normalized spacial score (nSPS) is 10.1. The average Bonchev–Trinajstić information content (AvgIpc) is 2.35. The number of amides is 1. The lowest BCUT2D eigenvalue weighted by molar-refractivity contribution is -0.119. The molecule has 0 bridgehead atoms. The average molecular weight is 237 g/mol. The van der Waals surface area contributed by atoms with Gasteiger partial charge in [-0.25, -0.2) is 9.97 Å². The molecule has 0 unspecified atom stereocenters. The number of anilines is 2. The molecule has 0 fully saturated rings. The fraction of sp³-hybridized carbons (Fsp3) is 0.545. The van der Waals surface area contributed by atoms with Crippen molar-refractivity contribution in [1.29, 1.82) is 0 Å². The summed E-state index contributed by atoms with van der Waals surface area (Å²) in [4.78, 5) is 21.5. The van der Waals surface area contributed by atoms with Crippen molar-refractivity contribution < 1.29 is 4.79 Å². The molecule has 0 saturated heterocycles. The Morgan fingerprint density at radius 2 is 2.18 bits per heavy atom. The lowest BCUT2D eigenvalue weighted by atomic mass is 10.2. The van der Waals surface area contributed by atoms with Crippen molar-refractivity contribution in [3.05, 3.63) is 11.9 Å². The Morgan fingerprint density at radius 1 is 1.47 bits per heavy atom. The summed E-state index contributed by atoms with van der Waals surface area (Å²) in [6, 6.07) is 0. The Hall–Kier alpha value is -1.85. The molecule has 0 saturated carbocycles. The summed E-state index contributed by atoms with van der Waals surface area (Å²) >= 11 is 0. The van der Waals surface area contributed by atoms with Crippen LogP contribution >= 0.6 is 0 Å².